The van der Waals surface area contributed by atoms with Crippen molar-refractivity contribution < 1.29 is 0 Å². The van der Waals surface area contributed by atoms with Gasteiger partial charge >= 0.3 is 0 Å². The van der Waals surface area contributed by atoms with Crippen LogP contribution in [0.1, 0.15) is 44.6 Å². The normalized spacial score (nSPS) is 17.6. The maximum absolute atomic E-state index is 3.68. The highest BCUT2D eigenvalue weighted by molar-refractivity contribution is 7.17. The van der Waals surface area contributed by atoms with Gasteiger partial charge in [0.1, 0.15) is 0 Å². The molecule has 2 heteroatoms. The fourth-order valence-electron chi connectivity index (χ4n) is 3.77. The smallest absolute Gasteiger partial charge is 0.0345 e. The Balaban J connectivity index is 1.73. The van der Waals surface area contributed by atoms with Gasteiger partial charge in [0.25, 0.3) is 0 Å². The van der Waals surface area contributed by atoms with Crippen LogP contribution in [0.5, 0.6) is 0 Å². The molecule has 1 aromatic heterocycles. The van der Waals surface area contributed by atoms with Crippen LogP contribution >= 0.6 is 11.3 Å². The average Bonchev–Trinajstić information content (AvgIpc) is 3.16. The zero-order valence-electron chi connectivity index (χ0n) is 13.1. The number of fused-ring (bicyclic) bond motifs is 1. The van der Waals surface area contributed by atoms with Crippen molar-refractivity contribution in [2.45, 2.75) is 45.4 Å². The summed E-state index contributed by atoms with van der Waals surface area (Å²) < 4.78 is 1.44. The SMILES string of the molecule is CCCNCC(Cc1csc2ccccc12)C1CCCC1. The Morgan fingerprint density at radius 2 is 2.05 bits per heavy atom. The third-order valence-electron chi connectivity index (χ3n) is 4.94. The molecule has 114 valence electrons. The summed E-state index contributed by atoms with van der Waals surface area (Å²) in [6.45, 7) is 4.61. The molecule has 1 fully saturated rings. The molecule has 1 saturated carbocycles. The Morgan fingerprint density at radius 3 is 2.86 bits per heavy atom. The van der Waals surface area contributed by atoms with Gasteiger partial charge in [0, 0.05) is 4.70 Å². The van der Waals surface area contributed by atoms with E-state index in [9.17, 15) is 0 Å². The highest BCUT2D eigenvalue weighted by Gasteiger charge is 2.25. The van der Waals surface area contributed by atoms with Gasteiger partial charge in [0.05, 0.1) is 0 Å². The summed E-state index contributed by atoms with van der Waals surface area (Å²) >= 11 is 1.91. The lowest BCUT2D eigenvalue weighted by Gasteiger charge is -2.24. The number of nitrogens with one attached hydrogen (secondary N) is 1. The summed E-state index contributed by atoms with van der Waals surface area (Å²) in [7, 11) is 0. The van der Waals surface area contributed by atoms with Crippen LogP contribution in [0.4, 0.5) is 0 Å². The van der Waals surface area contributed by atoms with E-state index in [2.05, 4.69) is 41.9 Å². The second kappa shape index (κ2) is 7.42. The molecule has 0 aliphatic heterocycles. The van der Waals surface area contributed by atoms with E-state index in [1.807, 2.05) is 11.3 Å². The van der Waals surface area contributed by atoms with Crippen LogP contribution in [-0.4, -0.2) is 13.1 Å². The largest absolute Gasteiger partial charge is 0.316 e. The Hall–Kier alpha value is -0.860. The lowest BCUT2D eigenvalue weighted by molar-refractivity contribution is 0.322. The van der Waals surface area contributed by atoms with Gasteiger partial charge in [-0.2, -0.15) is 0 Å². The van der Waals surface area contributed by atoms with Gasteiger partial charge in [-0.05, 0) is 60.2 Å². The Labute approximate surface area is 132 Å². The first kappa shape index (κ1) is 15.1. The van der Waals surface area contributed by atoms with Crippen molar-refractivity contribution in [1.29, 1.82) is 0 Å². The Bertz CT molecular complexity index is 553. The van der Waals surface area contributed by atoms with Crippen molar-refractivity contribution in [3.8, 4) is 0 Å². The predicted octanol–water partition coefficient (Wildman–Crippen LogP) is 5.25. The first-order valence-electron chi connectivity index (χ1n) is 8.54. The van der Waals surface area contributed by atoms with Gasteiger partial charge in [-0.1, -0.05) is 50.8 Å². The zero-order valence-corrected chi connectivity index (χ0v) is 13.9. The summed E-state index contributed by atoms with van der Waals surface area (Å²) in [5.74, 6) is 1.75. The van der Waals surface area contributed by atoms with E-state index in [-0.39, 0.29) is 0 Å². The lowest BCUT2D eigenvalue weighted by Crippen LogP contribution is -2.29. The van der Waals surface area contributed by atoms with Crippen LogP contribution in [0.3, 0.4) is 0 Å². The molecular weight excluding hydrogens is 274 g/mol. The Kier molecular flexibility index (Phi) is 5.32. The number of hydrogen-bond donors (Lipinski definition) is 1. The first-order valence-corrected chi connectivity index (χ1v) is 9.42. The lowest BCUT2D eigenvalue weighted by atomic mass is 9.85. The molecule has 1 heterocycles. The molecule has 1 unspecified atom stereocenters. The van der Waals surface area contributed by atoms with E-state index in [4.69, 9.17) is 0 Å². The summed E-state index contributed by atoms with van der Waals surface area (Å²) in [5.41, 5.74) is 1.57. The van der Waals surface area contributed by atoms with Crippen molar-refractivity contribution in [1.82, 2.24) is 5.32 Å². The number of hydrogen-bond acceptors (Lipinski definition) is 2. The third-order valence-corrected chi connectivity index (χ3v) is 5.96. The van der Waals surface area contributed by atoms with Crippen LogP contribution in [0.2, 0.25) is 0 Å². The van der Waals surface area contributed by atoms with Crippen LogP contribution in [0.25, 0.3) is 10.1 Å². The summed E-state index contributed by atoms with van der Waals surface area (Å²) in [5, 5.41) is 7.56. The standard InChI is InChI=1S/C19H27NS/c1-2-11-20-13-16(15-7-3-4-8-15)12-17-14-21-19-10-6-5-9-18(17)19/h5-6,9-10,14-16,20H,2-4,7-8,11-13H2,1H3. The minimum Gasteiger partial charge on any atom is -0.316 e. The molecule has 1 nitrogen and oxygen atoms in total. The van der Waals surface area contributed by atoms with Crippen LogP contribution in [-0.2, 0) is 6.42 Å². The topological polar surface area (TPSA) is 12.0 Å². The van der Waals surface area contributed by atoms with E-state index < -0.39 is 0 Å². The fourth-order valence-corrected chi connectivity index (χ4v) is 4.75. The maximum Gasteiger partial charge on any atom is 0.0345 e. The Morgan fingerprint density at radius 1 is 1.24 bits per heavy atom. The predicted molar refractivity (Wildman–Crippen MR) is 94.1 cm³/mol. The molecule has 3 rings (SSSR count). The van der Waals surface area contributed by atoms with Crippen LogP contribution < -0.4 is 5.32 Å². The van der Waals surface area contributed by atoms with E-state index in [0.717, 1.165) is 18.4 Å². The quantitative estimate of drug-likeness (QED) is 0.689. The second-order valence-electron chi connectivity index (χ2n) is 6.47. The van der Waals surface area contributed by atoms with Crippen LogP contribution in [0.15, 0.2) is 29.6 Å². The zero-order chi connectivity index (χ0) is 14.5. The van der Waals surface area contributed by atoms with Gasteiger partial charge in [0.15, 0.2) is 0 Å². The number of thiophene rings is 1. The van der Waals surface area contributed by atoms with E-state index in [0.29, 0.717) is 0 Å². The van der Waals surface area contributed by atoms with Gasteiger partial charge < -0.3 is 5.32 Å². The third kappa shape index (κ3) is 3.67. The van der Waals surface area contributed by atoms with Gasteiger partial charge in [-0.15, -0.1) is 11.3 Å². The maximum atomic E-state index is 3.68. The van der Waals surface area contributed by atoms with E-state index >= 15 is 0 Å². The molecular formula is C19H27NS. The highest BCUT2D eigenvalue weighted by Crippen LogP contribution is 2.35. The van der Waals surface area contributed by atoms with Crippen LogP contribution in [0, 0.1) is 11.8 Å². The van der Waals surface area contributed by atoms with Crippen molar-refractivity contribution in [2.75, 3.05) is 13.1 Å². The van der Waals surface area contributed by atoms with Gasteiger partial charge in [-0.25, -0.2) is 0 Å². The van der Waals surface area contributed by atoms with Crippen molar-refractivity contribution in [3.05, 3.63) is 35.2 Å². The average molecular weight is 301 g/mol. The molecule has 0 amide bonds. The van der Waals surface area contributed by atoms with Crippen molar-refractivity contribution in [2.24, 2.45) is 11.8 Å². The highest BCUT2D eigenvalue weighted by atomic mass is 32.1. The van der Waals surface area contributed by atoms with E-state index in [1.165, 1.54) is 55.2 Å². The molecule has 1 aliphatic carbocycles. The number of rotatable bonds is 7. The minimum atomic E-state index is 0.817. The molecule has 0 spiro atoms. The summed E-state index contributed by atoms with van der Waals surface area (Å²) in [4.78, 5) is 0. The number of benzene rings is 1. The summed E-state index contributed by atoms with van der Waals surface area (Å²) in [6, 6.07) is 8.88. The van der Waals surface area contributed by atoms with Gasteiger partial charge in [0.2, 0.25) is 0 Å². The van der Waals surface area contributed by atoms with E-state index in [1.54, 1.807) is 5.56 Å². The van der Waals surface area contributed by atoms with Crippen molar-refractivity contribution in [3.63, 3.8) is 0 Å². The second-order valence-corrected chi connectivity index (χ2v) is 7.38. The fraction of sp³-hybridized carbons (Fsp3) is 0.579. The molecule has 1 N–H and O–H groups in total. The summed E-state index contributed by atoms with van der Waals surface area (Å²) in [6.07, 6.45) is 8.27. The van der Waals surface area contributed by atoms with Gasteiger partial charge in [-0.3, -0.25) is 0 Å². The minimum absolute atomic E-state index is 0.817. The molecule has 0 bridgehead atoms. The monoisotopic (exact) mass is 301 g/mol. The molecule has 0 radical (unpaired) electrons. The molecule has 21 heavy (non-hydrogen) atoms. The molecule has 0 saturated heterocycles. The molecule has 1 aromatic carbocycles. The molecule has 2 aromatic rings. The molecule has 1 aliphatic rings. The first-order chi connectivity index (χ1) is 10.4. The van der Waals surface area contributed by atoms with Crippen molar-refractivity contribution >= 4 is 21.4 Å². The molecule has 1 atom stereocenters.